The molecule has 1 aliphatic carbocycles. The lowest BCUT2D eigenvalue weighted by atomic mass is 9.95. The molecule has 90 valence electrons. The monoisotopic (exact) mass is 212 g/mol. The standard InChI is InChI=1S/C13H28N2/c1-10(2)8-11(3)15(5)9-13(4,14)12-6-7-12/h10-12H,6-9,14H2,1-5H3. The fraction of sp³-hybridized carbons (Fsp3) is 1.00. The molecule has 1 aliphatic rings. The maximum atomic E-state index is 6.35. The second kappa shape index (κ2) is 4.84. The van der Waals surface area contributed by atoms with E-state index in [1.54, 1.807) is 0 Å². The minimum atomic E-state index is 0.0278. The summed E-state index contributed by atoms with van der Waals surface area (Å²) >= 11 is 0. The molecule has 0 radical (unpaired) electrons. The van der Waals surface area contributed by atoms with Gasteiger partial charge in [-0.25, -0.2) is 0 Å². The summed E-state index contributed by atoms with van der Waals surface area (Å²) in [4.78, 5) is 2.43. The topological polar surface area (TPSA) is 29.3 Å². The first-order chi connectivity index (χ1) is 6.83. The Kier molecular flexibility index (Phi) is 4.19. The third-order valence-corrected chi connectivity index (χ3v) is 3.67. The zero-order valence-corrected chi connectivity index (χ0v) is 11.1. The van der Waals surface area contributed by atoms with Crippen molar-refractivity contribution in [2.45, 2.75) is 58.5 Å². The normalized spacial score (nSPS) is 23.2. The van der Waals surface area contributed by atoms with Gasteiger partial charge in [0.05, 0.1) is 0 Å². The summed E-state index contributed by atoms with van der Waals surface area (Å²) in [5.74, 6) is 1.54. The summed E-state index contributed by atoms with van der Waals surface area (Å²) in [6.07, 6.45) is 3.93. The number of rotatable bonds is 6. The molecule has 1 saturated carbocycles. The van der Waals surface area contributed by atoms with Crippen molar-refractivity contribution < 1.29 is 0 Å². The van der Waals surface area contributed by atoms with Gasteiger partial charge in [-0.05, 0) is 52.0 Å². The molecule has 0 aromatic carbocycles. The Morgan fingerprint density at radius 1 is 1.33 bits per heavy atom. The molecule has 2 heteroatoms. The van der Waals surface area contributed by atoms with Crippen LogP contribution in [0, 0.1) is 11.8 Å². The SMILES string of the molecule is CC(C)CC(C)N(C)CC(C)(N)C1CC1. The highest BCUT2D eigenvalue weighted by molar-refractivity contribution is 4.97. The van der Waals surface area contributed by atoms with Crippen LogP contribution in [0.2, 0.25) is 0 Å². The predicted molar refractivity (Wildman–Crippen MR) is 66.9 cm³/mol. The van der Waals surface area contributed by atoms with Gasteiger partial charge >= 0.3 is 0 Å². The molecule has 1 rings (SSSR count). The van der Waals surface area contributed by atoms with E-state index < -0.39 is 0 Å². The van der Waals surface area contributed by atoms with Crippen LogP contribution in [0.4, 0.5) is 0 Å². The number of likely N-dealkylation sites (N-methyl/N-ethyl adjacent to an activating group) is 1. The van der Waals surface area contributed by atoms with Crippen LogP contribution in [-0.2, 0) is 0 Å². The molecule has 2 nitrogen and oxygen atoms in total. The summed E-state index contributed by atoms with van der Waals surface area (Å²) in [6, 6.07) is 0.645. The van der Waals surface area contributed by atoms with Gasteiger partial charge in [-0.1, -0.05) is 13.8 Å². The maximum absolute atomic E-state index is 6.35. The molecular weight excluding hydrogens is 184 g/mol. The van der Waals surface area contributed by atoms with Gasteiger partial charge in [-0.3, -0.25) is 0 Å². The molecule has 0 bridgehead atoms. The molecule has 0 aromatic heterocycles. The van der Waals surface area contributed by atoms with Crippen LogP contribution in [0.25, 0.3) is 0 Å². The van der Waals surface area contributed by atoms with Gasteiger partial charge in [-0.2, -0.15) is 0 Å². The Morgan fingerprint density at radius 3 is 2.27 bits per heavy atom. The Morgan fingerprint density at radius 2 is 1.87 bits per heavy atom. The van der Waals surface area contributed by atoms with E-state index in [0.29, 0.717) is 6.04 Å². The van der Waals surface area contributed by atoms with Crippen LogP contribution < -0.4 is 5.73 Å². The first kappa shape index (κ1) is 13.0. The lowest BCUT2D eigenvalue weighted by Gasteiger charge is -2.34. The van der Waals surface area contributed by atoms with E-state index in [-0.39, 0.29) is 5.54 Å². The predicted octanol–water partition coefficient (Wildman–Crippen LogP) is 2.48. The van der Waals surface area contributed by atoms with Gasteiger partial charge in [0, 0.05) is 18.1 Å². The second-order valence-corrected chi connectivity index (χ2v) is 6.17. The van der Waals surface area contributed by atoms with Crippen molar-refractivity contribution in [3.63, 3.8) is 0 Å². The van der Waals surface area contributed by atoms with Crippen molar-refractivity contribution in [2.75, 3.05) is 13.6 Å². The van der Waals surface area contributed by atoms with Gasteiger partial charge in [-0.15, -0.1) is 0 Å². The molecule has 0 spiro atoms. The van der Waals surface area contributed by atoms with Crippen LogP contribution in [0.15, 0.2) is 0 Å². The molecule has 0 saturated heterocycles. The van der Waals surface area contributed by atoms with Crippen LogP contribution in [0.3, 0.4) is 0 Å². The number of hydrogen-bond acceptors (Lipinski definition) is 2. The molecule has 2 unspecified atom stereocenters. The first-order valence-electron chi connectivity index (χ1n) is 6.32. The number of nitrogens with zero attached hydrogens (tertiary/aromatic N) is 1. The highest BCUT2D eigenvalue weighted by Gasteiger charge is 2.39. The maximum Gasteiger partial charge on any atom is 0.0283 e. The van der Waals surface area contributed by atoms with Gasteiger partial charge < -0.3 is 10.6 Å². The van der Waals surface area contributed by atoms with Gasteiger partial charge in [0.1, 0.15) is 0 Å². The average molecular weight is 212 g/mol. The van der Waals surface area contributed by atoms with E-state index in [1.165, 1.54) is 19.3 Å². The molecule has 0 aliphatic heterocycles. The van der Waals surface area contributed by atoms with Crippen LogP contribution in [0.1, 0.15) is 47.0 Å². The number of nitrogens with two attached hydrogens (primary N) is 1. The van der Waals surface area contributed by atoms with Crippen molar-refractivity contribution in [2.24, 2.45) is 17.6 Å². The van der Waals surface area contributed by atoms with Crippen LogP contribution >= 0.6 is 0 Å². The number of hydrogen-bond donors (Lipinski definition) is 1. The summed E-state index contributed by atoms with van der Waals surface area (Å²) in [5.41, 5.74) is 6.38. The van der Waals surface area contributed by atoms with Gasteiger partial charge in [0.15, 0.2) is 0 Å². The Bertz CT molecular complexity index is 195. The zero-order chi connectivity index (χ0) is 11.6. The smallest absolute Gasteiger partial charge is 0.0283 e. The zero-order valence-electron chi connectivity index (χ0n) is 11.1. The summed E-state index contributed by atoms with van der Waals surface area (Å²) in [5, 5.41) is 0. The van der Waals surface area contributed by atoms with Crippen molar-refractivity contribution in [1.82, 2.24) is 4.90 Å². The van der Waals surface area contributed by atoms with Gasteiger partial charge in [0.25, 0.3) is 0 Å². The Labute approximate surface area is 95.2 Å². The molecular formula is C13H28N2. The Hall–Kier alpha value is -0.0800. The third kappa shape index (κ3) is 4.12. The lowest BCUT2D eigenvalue weighted by molar-refractivity contribution is 0.175. The van der Waals surface area contributed by atoms with E-state index in [0.717, 1.165) is 18.4 Å². The molecule has 0 aromatic rings. The first-order valence-corrected chi connectivity index (χ1v) is 6.32. The second-order valence-electron chi connectivity index (χ2n) is 6.17. The van der Waals surface area contributed by atoms with Crippen molar-refractivity contribution >= 4 is 0 Å². The molecule has 0 heterocycles. The van der Waals surface area contributed by atoms with Gasteiger partial charge in [0.2, 0.25) is 0 Å². The fourth-order valence-corrected chi connectivity index (χ4v) is 2.43. The molecule has 2 N–H and O–H groups in total. The third-order valence-electron chi connectivity index (χ3n) is 3.67. The minimum absolute atomic E-state index is 0.0278. The molecule has 1 fully saturated rings. The minimum Gasteiger partial charge on any atom is -0.324 e. The van der Waals surface area contributed by atoms with Crippen molar-refractivity contribution in [1.29, 1.82) is 0 Å². The highest BCUT2D eigenvalue weighted by Crippen LogP contribution is 2.38. The van der Waals surface area contributed by atoms with E-state index in [1.807, 2.05) is 0 Å². The summed E-state index contributed by atoms with van der Waals surface area (Å²) < 4.78 is 0. The highest BCUT2D eigenvalue weighted by atomic mass is 15.1. The van der Waals surface area contributed by atoms with E-state index in [2.05, 4.69) is 39.6 Å². The largest absolute Gasteiger partial charge is 0.324 e. The molecule has 2 atom stereocenters. The van der Waals surface area contributed by atoms with E-state index in [4.69, 9.17) is 5.73 Å². The average Bonchev–Trinajstić information content (AvgIpc) is 2.83. The van der Waals surface area contributed by atoms with E-state index in [9.17, 15) is 0 Å². The van der Waals surface area contributed by atoms with Crippen molar-refractivity contribution in [3.05, 3.63) is 0 Å². The summed E-state index contributed by atoms with van der Waals surface area (Å²) in [6.45, 7) is 10.1. The quantitative estimate of drug-likeness (QED) is 0.733. The fourth-order valence-electron chi connectivity index (χ4n) is 2.43. The van der Waals surface area contributed by atoms with Crippen LogP contribution in [-0.4, -0.2) is 30.1 Å². The molecule has 0 amide bonds. The summed E-state index contributed by atoms with van der Waals surface area (Å²) in [7, 11) is 2.21. The van der Waals surface area contributed by atoms with Crippen LogP contribution in [0.5, 0.6) is 0 Å². The Balaban J connectivity index is 2.36. The lowest BCUT2D eigenvalue weighted by Crippen LogP contribution is -2.50. The molecule has 15 heavy (non-hydrogen) atoms. The van der Waals surface area contributed by atoms with E-state index >= 15 is 0 Å². The van der Waals surface area contributed by atoms with Crippen molar-refractivity contribution in [3.8, 4) is 0 Å².